The van der Waals surface area contributed by atoms with E-state index in [4.69, 9.17) is 16.3 Å². The lowest BCUT2D eigenvalue weighted by atomic mass is 9.95. The Bertz CT molecular complexity index is 1020. The first-order valence-electron chi connectivity index (χ1n) is 10.8. The van der Waals surface area contributed by atoms with Gasteiger partial charge in [-0.1, -0.05) is 24.4 Å². The van der Waals surface area contributed by atoms with E-state index in [1.54, 1.807) is 12.1 Å². The fourth-order valence-electron chi connectivity index (χ4n) is 4.65. The molecule has 30 heavy (non-hydrogen) atoms. The van der Waals surface area contributed by atoms with Gasteiger partial charge in [-0.05, 0) is 64.5 Å². The summed E-state index contributed by atoms with van der Waals surface area (Å²) in [6.07, 6.45) is 6.79. The van der Waals surface area contributed by atoms with Crippen molar-refractivity contribution in [3.63, 3.8) is 0 Å². The van der Waals surface area contributed by atoms with Crippen LogP contribution in [0, 0.1) is 5.92 Å². The summed E-state index contributed by atoms with van der Waals surface area (Å²) in [4.78, 5) is 34.5. The van der Waals surface area contributed by atoms with Crippen LogP contribution in [0.15, 0.2) is 16.9 Å². The van der Waals surface area contributed by atoms with E-state index in [9.17, 15) is 9.59 Å². The first kappa shape index (κ1) is 21.1. The molecule has 8 heteroatoms. The van der Waals surface area contributed by atoms with Gasteiger partial charge in [0.05, 0.1) is 12.0 Å². The number of esters is 1. The maximum atomic E-state index is 13.5. The van der Waals surface area contributed by atoms with Gasteiger partial charge in [0.1, 0.15) is 16.3 Å². The number of nitrogens with zero attached hydrogens (tertiary/aromatic N) is 3. The standard InChI is InChI=1S/C22H29ClN4O3/c1-21(2,3)30-17(28)10-13-24-18-20(29)27(19-15(25-18)8-9-16(23)26-19)22(11-12-22)14-6-4-5-7-14/h8-9,14H,4-7,10-13H2,1-3H3,(H,24,25). The van der Waals surface area contributed by atoms with E-state index < -0.39 is 5.60 Å². The maximum Gasteiger partial charge on any atom is 0.308 e. The molecule has 0 radical (unpaired) electrons. The van der Waals surface area contributed by atoms with Crippen LogP contribution in [-0.2, 0) is 15.1 Å². The second-order valence-corrected chi connectivity index (χ2v) is 9.81. The molecule has 2 heterocycles. The molecular weight excluding hydrogens is 404 g/mol. The van der Waals surface area contributed by atoms with Gasteiger partial charge in [-0.3, -0.25) is 14.2 Å². The van der Waals surface area contributed by atoms with Crippen molar-refractivity contribution < 1.29 is 9.53 Å². The summed E-state index contributed by atoms with van der Waals surface area (Å²) in [7, 11) is 0. The largest absolute Gasteiger partial charge is 0.460 e. The Balaban J connectivity index is 1.65. The summed E-state index contributed by atoms with van der Waals surface area (Å²) in [5.74, 6) is 0.421. The third-order valence-corrected chi connectivity index (χ3v) is 6.25. The highest BCUT2D eigenvalue weighted by atomic mass is 35.5. The van der Waals surface area contributed by atoms with Crippen molar-refractivity contribution in [2.24, 2.45) is 5.92 Å². The van der Waals surface area contributed by atoms with Crippen molar-refractivity contribution in [3.05, 3.63) is 27.6 Å². The van der Waals surface area contributed by atoms with E-state index in [2.05, 4.69) is 15.3 Å². The van der Waals surface area contributed by atoms with Crippen LogP contribution in [0.2, 0.25) is 5.15 Å². The number of hydrogen-bond acceptors (Lipinski definition) is 6. The molecule has 0 unspecified atom stereocenters. The van der Waals surface area contributed by atoms with Gasteiger partial charge < -0.3 is 10.1 Å². The van der Waals surface area contributed by atoms with Crippen LogP contribution >= 0.6 is 11.6 Å². The molecule has 0 atom stereocenters. The third-order valence-electron chi connectivity index (χ3n) is 6.03. The average molecular weight is 433 g/mol. The van der Waals surface area contributed by atoms with Crippen molar-refractivity contribution in [3.8, 4) is 0 Å². The Morgan fingerprint density at radius 1 is 1.27 bits per heavy atom. The smallest absolute Gasteiger partial charge is 0.308 e. The van der Waals surface area contributed by atoms with E-state index >= 15 is 0 Å². The number of pyridine rings is 1. The SMILES string of the molecule is CC(C)(C)OC(=O)CCNc1nc2ccc(Cl)nc2n(C2(C3CCCC3)CC2)c1=O. The van der Waals surface area contributed by atoms with Gasteiger partial charge in [0.2, 0.25) is 0 Å². The fraction of sp³-hybridized carbons (Fsp3) is 0.636. The molecule has 2 aliphatic carbocycles. The molecule has 2 aliphatic rings. The minimum absolute atomic E-state index is 0.156. The van der Waals surface area contributed by atoms with E-state index in [-0.39, 0.29) is 35.9 Å². The highest BCUT2D eigenvalue weighted by Crippen LogP contribution is 2.55. The van der Waals surface area contributed by atoms with Gasteiger partial charge in [0.15, 0.2) is 11.5 Å². The number of carbonyl (C=O) groups is 1. The number of ether oxygens (including phenoxy) is 1. The van der Waals surface area contributed by atoms with Crippen molar-refractivity contribution in [2.75, 3.05) is 11.9 Å². The number of fused-ring (bicyclic) bond motifs is 1. The first-order valence-corrected chi connectivity index (χ1v) is 11.1. The minimum Gasteiger partial charge on any atom is -0.460 e. The fourth-order valence-corrected chi connectivity index (χ4v) is 4.79. The van der Waals surface area contributed by atoms with Gasteiger partial charge in [-0.2, -0.15) is 0 Å². The van der Waals surface area contributed by atoms with E-state index in [0.29, 0.717) is 22.2 Å². The second kappa shape index (κ2) is 7.84. The topological polar surface area (TPSA) is 86.1 Å². The van der Waals surface area contributed by atoms with Crippen molar-refractivity contribution >= 4 is 34.6 Å². The van der Waals surface area contributed by atoms with Crippen LogP contribution in [0.25, 0.3) is 11.2 Å². The number of hydrogen-bond donors (Lipinski definition) is 1. The minimum atomic E-state index is -0.532. The van der Waals surface area contributed by atoms with Crippen molar-refractivity contribution in [1.82, 2.24) is 14.5 Å². The Labute approximate surface area is 181 Å². The highest BCUT2D eigenvalue weighted by Gasteiger charge is 2.53. The van der Waals surface area contributed by atoms with E-state index in [1.807, 2.05) is 25.3 Å². The predicted octanol–water partition coefficient (Wildman–Crippen LogP) is 4.27. The van der Waals surface area contributed by atoms with Gasteiger partial charge >= 0.3 is 5.97 Å². The van der Waals surface area contributed by atoms with Gasteiger partial charge in [-0.25, -0.2) is 9.97 Å². The van der Waals surface area contributed by atoms with Crippen LogP contribution in [0.3, 0.4) is 0 Å². The normalized spacial score (nSPS) is 18.5. The number of anilines is 1. The third kappa shape index (κ3) is 4.17. The summed E-state index contributed by atoms with van der Waals surface area (Å²) in [6, 6.07) is 3.48. The van der Waals surface area contributed by atoms with Gasteiger partial charge in [0.25, 0.3) is 5.56 Å². The Kier molecular flexibility index (Phi) is 5.51. The molecule has 0 aliphatic heterocycles. The molecule has 0 aromatic carbocycles. The molecule has 1 N–H and O–H groups in total. The zero-order valence-corrected chi connectivity index (χ0v) is 18.6. The summed E-state index contributed by atoms with van der Waals surface area (Å²) in [6.45, 7) is 5.77. The van der Waals surface area contributed by atoms with Crippen LogP contribution in [-0.4, -0.2) is 32.7 Å². The lowest BCUT2D eigenvalue weighted by molar-refractivity contribution is -0.154. The zero-order chi connectivity index (χ0) is 21.5. The Morgan fingerprint density at radius 2 is 1.97 bits per heavy atom. The molecule has 2 fully saturated rings. The van der Waals surface area contributed by atoms with Crippen LogP contribution in [0.5, 0.6) is 0 Å². The quantitative estimate of drug-likeness (QED) is 0.542. The molecule has 0 amide bonds. The van der Waals surface area contributed by atoms with Gasteiger partial charge in [-0.15, -0.1) is 0 Å². The predicted molar refractivity (Wildman–Crippen MR) is 117 cm³/mol. The summed E-state index contributed by atoms with van der Waals surface area (Å²) < 4.78 is 7.18. The van der Waals surface area contributed by atoms with Crippen molar-refractivity contribution in [2.45, 2.75) is 76.9 Å². The van der Waals surface area contributed by atoms with Gasteiger partial charge in [0, 0.05) is 6.54 Å². The average Bonchev–Trinajstić information content (AvgIpc) is 3.24. The monoisotopic (exact) mass is 432 g/mol. The van der Waals surface area contributed by atoms with Crippen LogP contribution < -0.4 is 10.9 Å². The molecule has 0 bridgehead atoms. The number of carbonyl (C=O) groups excluding carboxylic acids is 1. The molecule has 162 valence electrons. The molecular formula is C22H29ClN4O3. The highest BCUT2D eigenvalue weighted by molar-refractivity contribution is 6.29. The molecule has 2 saturated carbocycles. The van der Waals surface area contributed by atoms with Crippen LogP contribution in [0.4, 0.5) is 5.82 Å². The molecule has 7 nitrogen and oxygen atoms in total. The number of rotatable bonds is 6. The lowest BCUT2D eigenvalue weighted by Crippen LogP contribution is -2.38. The maximum absolute atomic E-state index is 13.5. The second-order valence-electron chi connectivity index (χ2n) is 9.43. The van der Waals surface area contributed by atoms with E-state index in [1.165, 1.54) is 12.8 Å². The van der Waals surface area contributed by atoms with E-state index in [0.717, 1.165) is 25.7 Å². The Morgan fingerprint density at radius 3 is 2.60 bits per heavy atom. The lowest BCUT2D eigenvalue weighted by Gasteiger charge is -2.27. The summed E-state index contributed by atoms with van der Waals surface area (Å²) >= 11 is 6.16. The molecule has 2 aromatic rings. The number of halogens is 1. The molecule has 4 rings (SSSR count). The summed E-state index contributed by atoms with van der Waals surface area (Å²) in [5, 5.41) is 3.41. The Hall–Kier alpha value is -2.15. The summed E-state index contributed by atoms with van der Waals surface area (Å²) in [5.41, 5.74) is 0.271. The molecule has 0 saturated heterocycles. The number of nitrogens with one attached hydrogen (secondary N) is 1. The molecule has 2 aromatic heterocycles. The first-order chi connectivity index (χ1) is 14.2. The van der Waals surface area contributed by atoms with Crippen LogP contribution in [0.1, 0.15) is 65.7 Å². The number of aromatic nitrogens is 3. The molecule has 0 spiro atoms. The zero-order valence-electron chi connectivity index (χ0n) is 17.8. The van der Waals surface area contributed by atoms with Crippen molar-refractivity contribution in [1.29, 1.82) is 0 Å².